The van der Waals surface area contributed by atoms with E-state index in [-0.39, 0.29) is 23.8 Å². The van der Waals surface area contributed by atoms with E-state index < -0.39 is 0 Å². The van der Waals surface area contributed by atoms with Gasteiger partial charge in [-0.15, -0.1) is 0 Å². The number of piperidine rings is 1. The molecule has 23 heavy (non-hydrogen) atoms. The van der Waals surface area contributed by atoms with Gasteiger partial charge in [0.25, 0.3) is 5.91 Å². The monoisotopic (exact) mass is 322 g/mol. The lowest BCUT2D eigenvalue weighted by atomic mass is 9.95. The van der Waals surface area contributed by atoms with E-state index in [2.05, 4.69) is 10.3 Å². The summed E-state index contributed by atoms with van der Waals surface area (Å²) in [5, 5.41) is 2.96. The highest BCUT2D eigenvalue weighted by Crippen LogP contribution is 2.20. The van der Waals surface area contributed by atoms with Gasteiger partial charge in [-0.25, -0.2) is 4.98 Å². The van der Waals surface area contributed by atoms with Gasteiger partial charge >= 0.3 is 0 Å². The van der Waals surface area contributed by atoms with Crippen molar-refractivity contribution in [1.29, 1.82) is 0 Å². The maximum atomic E-state index is 12.6. The van der Waals surface area contributed by atoms with Crippen LogP contribution in [0.1, 0.15) is 35.9 Å². The Morgan fingerprint density at radius 3 is 2.61 bits per heavy atom. The summed E-state index contributed by atoms with van der Waals surface area (Å²) in [6, 6.07) is 0.00394. The molecule has 0 aliphatic carbocycles. The number of likely N-dealkylation sites (tertiary alicyclic amines) is 1. The second kappa shape index (κ2) is 7.59. The molecule has 1 aromatic rings. The van der Waals surface area contributed by atoms with Crippen LogP contribution in [0.4, 0.5) is 0 Å². The van der Waals surface area contributed by atoms with Crippen molar-refractivity contribution < 1.29 is 14.3 Å². The van der Waals surface area contributed by atoms with Gasteiger partial charge in [0.15, 0.2) is 0 Å². The number of nitrogens with one attached hydrogen (secondary N) is 1. The first-order chi connectivity index (χ1) is 10.9. The minimum absolute atomic E-state index is 0.00394. The normalized spacial score (nSPS) is 17.1. The van der Waals surface area contributed by atoms with Crippen LogP contribution in [0.5, 0.6) is 0 Å². The summed E-state index contributed by atoms with van der Waals surface area (Å²) >= 11 is 0. The molecule has 7 nitrogen and oxygen atoms in total. The number of hydrogen-bond acceptors (Lipinski definition) is 4. The maximum Gasteiger partial charge on any atom is 0.272 e. The first-order valence-corrected chi connectivity index (χ1v) is 8.00. The Morgan fingerprint density at radius 2 is 2.09 bits per heavy atom. The second-order valence-corrected chi connectivity index (χ2v) is 6.22. The summed E-state index contributed by atoms with van der Waals surface area (Å²) in [5.74, 6) is 0.0125. The van der Waals surface area contributed by atoms with Crippen LogP contribution in [0.2, 0.25) is 0 Å². The number of amides is 2. The predicted molar refractivity (Wildman–Crippen MR) is 86.1 cm³/mol. The van der Waals surface area contributed by atoms with Gasteiger partial charge in [-0.05, 0) is 26.7 Å². The number of methoxy groups -OCH3 is 1. The Morgan fingerprint density at radius 1 is 1.43 bits per heavy atom. The van der Waals surface area contributed by atoms with Gasteiger partial charge in [-0.2, -0.15) is 0 Å². The molecule has 1 aliphatic rings. The number of rotatable bonds is 5. The molecule has 1 atom stereocenters. The largest absolute Gasteiger partial charge is 0.383 e. The molecule has 1 fully saturated rings. The van der Waals surface area contributed by atoms with Crippen molar-refractivity contribution in [2.75, 3.05) is 26.8 Å². The molecule has 1 N–H and O–H groups in total. The first-order valence-electron chi connectivity index (χ1n) is 8.00. The third-order valence-electron chi connectivity index (χ3n) is 4.28. The first kappa shape index (κ1) is 17.5. The Labute approximate surface area is 137 Å². The summed E-state index contributed by atoms with van der Waals surface area (Å²) in [6.45, 7) is 5.46. The lowest BCUT2D eigenvalue weighted by molar-refractivity contribution is -0.127. The van der Waals surface area contributed by atoms with E-state index in [1.165, 1.54) is 0 Å². The Kier molecular flexibility index (Phi) is 5.76. The average molecular weight is 322 g/mol. The molecule has 1 aromatic heterocycles. The van der Waals surface area contributed by atoms with Gasteiger partial charge in [0.05, 0.1) is 18.6 Å². The molecule has 2 rings (SSSR count). The highest BCUT2D eigenvalue weighted by atomic mass is 16.5. The van der Waals surface area contributed by atoms with Gasteiger partial charge in [0.2, 0.25) is 5.91 Å². The van der Waals surface area contributed by atoms with Crippen molar-refractivity contribution in [3.05, 3.63) is 17.7 Å². The highest BCUT2D eigenvalue weighted by Gasteiger charge is 2.29. The van der Waals surface area contributed by atoms with E-state index >= 15 is 0 Å². The zero-order valence-electron chi connectivity index (χ0n) is 14.3. The topological polar surface area (TPSA) is 76.5 Å². The van der Waals surface area contributed by atoms with Crippen LogP contribution in [0.15, 0.2) is 6.33 Å². The zero-order chi connectivity index (χ0) is 17.0. The number of aryl methyl sites for hydroxylation is 2. The van der Waals surface area contributed by atoms with E-state index in [0.717, 1.165) is 5.69 Å². The quantitative estimate of drug-likeness (QED) is 0.867. The lowest BCUT2D eigenvalue weighted by Gasteiger charge is -2.32. The van der Waals surface area contributed by atoms with E-state index in [4.69, 9.17) is 4.74 Å². The minimum atomic E-state index is -0.0361. The van der Waals surface area contributed by atoms with Crippen LogP contribution in [0.3, 0.4) is 0 Å². The molecule has 128 valence electrons. The van der Waals surface area contributed by atoms with Gasteiger partial charge in [0, 0.05) is 39.2 Å². The fourth-order valence-corrected chi connectivity index (χ4v) is 3.00. The Hall–Kier alpha value is -1.89. The summed E-state index contributed by atoms with van der Waals surface area (Å²) < 4.78 is 6.78. The van der Waals surface area contributed by atoms with Crippen molar-refractivity contribution in [3.8, 4) is 0 Å². The molecular weight excluding hydrogens is 296 g/mol. The van der Waals surface area contributed by atoms with Gasteiger partial charge < -0.3 is 19.5 Å². The SMILES string of the molecule is COC[C@@H](C)NC(=O)C1CCN(C(=O)c2c(C)ncn2C)CC1. The molecule has 2 heterocycles. The highest BCUT2D eigenvalue weighted by molar-refractivity contribution is 5.94. The third kappa shape index (κ3) is 4.10. The van der Waals surface area contributed by atoms with Crippen LogP contribution in [0, 0.1) is 12.8 Å². The van der Waals surface area contributed by atoms with Crippen molar-refractivity contribution in [2.24, 2.45) is 13.0 Å². The maximum absolute atomic E-state index is 12.6. The molecule has 0 bridgehead atoms. The summed E-state index contributed by atoms with van der Waals surface area (Å²) in [6.07, 6.45) is 3.03. The van der Waals surface area contributed by atoms with E-state index in [1.54, 1.807) is 18.0 Å². The van der Waals surface area contributed by atoms with Crippen molar-refractivity contribution in [3.63, 3.8) is 0 Å². The Balaban J connectivity index is 1.89. The van der Waals surface area contributed by atoms with E-state index in [0.29, 0.717) is 38.2 Å². The molecule has 0 radical (unpaired) electrons. The molecule has 7 heteroatoms. The number of ether oxygens (including phenoxy) is 1. The molecule has 1 saturated heterocycles. The second-order valence-electron chi connectivity index (χ2n) is 6.22. The van der Waals surface area contributed by atoms with Crippen LogP contribution >= 0.6 is 0 Å². The minimum Gasteiger partial charge on any atom is -0.383 e. The van der Waals surface area contributed by atoms with Crippen molar-refractivity contribution >= 4 is 11.8 Å². The molecule has 0 aromatic carbocycles. The molecule has 0 saturated carbocycles. The smallest absolute Gasteiger partial charge is 0.272 e. The van der Waals surface area contributed by atoms with Gasteiger partial charge in [0.1, 0.15) is 5.69 Å². The van der Waals surface area contributed by atoms with Crippen molar-refractivity contribution in [1.82, 2.24) is 19.8 Å². The number of carbonyl (C=O) groups is 2. The fraction of sp³-hybridized carbons (Fsp3) is 0.688. The number of hydrogen-bond donors (Lipinski definition) is 1. The van der Waals surface area contributed by atoms with Crippen molar-refractivity contribution in [2.45, 2.75) is 32.7 Å². The summed E-state index contributed by atoms with van der Waals surface area (Å²) in [4.78, 5) is 30.8. The number of aromatic nitrogens is 2. The fourth-order valence-electron chi connectivity index (χ4n) is 3.00. The van der Waals surface area contributed by atoms with E-state index in [9.17, 15) is 9.59 Å². The number of nitrogens with zero attached hydrogens (tertiary/aromatic N) is 3. The molecular formula is C16H26N4O3. The summed E-state index contributed by atoms with van der Waals surface area (Å²) in [7, 11) is 3.44. The number of imidazole rings is 1. The number of carbonyl (C=O) groups excluding carboxylic acids is 2. The third-order valence-corrected chi connectivity index (χ3v) is 4.28. The summed E-state index contributed by atoms with van der Waals surface area (Å²) in [5.41, 5.74) is 1.37. The molecule has 0 spiro atoms. The predicted octanol–water partition coefficient (Wildman–Crippen LogP) is 0.732. The van der Waals surface area contributed by atoms with E-state index in [1.807, 2.05) is 25.8 Å². The Bertz CT molecular complexity index is 542. The molecule has 1 aliphatic heterocycles. The average Bonchev–Trinajstić information content (AvgIpc) is 2.86. The van der Waals surface area contributed by atoms with Crippen LogP contribution in [-0.4, -0.2) is 59.1 Å². The van der Waals surface area contributed by atoms with Crippen LogP contribution in [0.25, 0.3) is 0 Å². The van der Waals surface area contributed by atoms with Gasteiger partial charge in [-0.3, -0.25) is 9.59 Å². The van der Waals surface area contributed by atoms with Crippen LogP contribution in [-0.2, 0) is 16.6 Å². The van der Waals surface area contributed by atoms with Crippen LogP contribution < -0.4 is 5.32 Å². The molecule has 2 amide bonds. The van der Waals surface area contributed by atoms with Gasteiger partial charge in [-0.1, -0.05) is 0 Å². The zero-order valence-corrected chi connectivity index (χ0v) is 14.3. The lowest BCUT2D eigenvalue weighted by Crippen LogP contribution is -2.46. The standard InChI is InChI=1S/C16H26N4O3/c1-11(9-23-4)18-15(21)13-5-7-20(8-6-13)16(22)14-12(2)17-10-19(14)3/h10-11,13H,5-9H2,1-4H3,(H,18,21)/t11-/m1/s1. The molecule has 0 unspecified atom stereocenters.